The summed E-state index contributed by atoms with van der Waals surface area (Å²) in [5.74, 6) is 0. The number of morpholine rings is 1. The second-order valence-electron chi connectivity index (χ2n) is 5.34. The van der Waals surface area contributed by atoms with E-state index in [1.807, 2.05) is 17.9 Å². The van der Waals surface area contributed by atoms with E-state index in [4.69, 9.17) is 10.5 Å². The predicted octanol–water partition coefficient (Wildman–Crippen LogP) is 0.673. The van der Waals surface area contributed by atoms with Crippen LogP contribution in [0.1, 0.15) is 30.9 Å². The third-order valence-corrected chi connectivity index (χ3v) is 4.26. The largest absolute Gasteiger partial charge is 0.375 e. The Bertz CT molecular complexity index is 405. The van der Waals surface area contributed by atoms with Crippen LogP contribution in [0.5, 0.6) is 0 Å². The lowest BCUT2D eigenvalue weighted by Crippen LogP contribution is -2.51. The molecule has 2 N–H and O–H groups in total. The molecule has 1 aliphatic carbocycles. The van der Waals surface area contributed by atoms with Crippen molar-refractivity contribution in [2.75, 3.05) is 19.7 Å². The molecule has 2 fully saturated rings. The first kappa shape index (κ1) is 12.1. The van der Waals surface area contributed by atoms with Gasteiger partial charge in [0.25, 0.3) is 0 Å². The molecule has 0 radical (unpaired) electrons. The van der Waals surface area contributed by atoms with Crippen LogP contribution in [0.15, 0.2) is 12.4 Å². The molecule has 2 heterocycles. The fourth-order valence-corrected chi connectivity index (χ4v) is 3.42. The zero-order chi connectivity index (χ0) is 12.5. The van der Waals surface area contributed by atoms with Crippen LogP contribution in [0.2, 0.25) is 0 Å². The number of aryl methyl sites for hydroxylation is 1. The molecule has 2 aliphatic rings. The Balaban J connectivity index is 1.82. The van der Waals surface area contributed by atoms with E-state index < -0.39 is 0 Å². The summed E-state index contributed by atoms with van der Waals surface area (Å²) in [4.78, 5) is 2.54. The molecule has 100 valence electrons. The van der Waals surface area contributed by atoms with E-state index in [0.29, 0.717) is 18.7 Å². The summed E-state index contributed by atoms with van der Waals surface area (Å²) in [6, 6.07) is 0.834. The number of rotatable bonds is 3. The van der Waals surface area contributed by atoms with Crippen LogP contribution >= 0.6 is 0 Å². The zero-order valence-corrected chi connectivity index (χ0v) is 11.0. The molecular weight excluding hydrogens is 228 g/mol. The van der Waals surface area contributed by atoms with E-state index in [9.17, 15) is 0 Å². The molecule has 3 atom stereocenters. The van der Waals surface area contributed by atoms with Crippen LogP contribution in [-0.2, 0) is 11.8 Å². The Morgan fingerprint density at radius 3 is 3.17 bits per heavy atom. The molecule has 5 heteroatoms. The second kappa shape index (κ2) is 4.99. The average molecular weight is 250 g/mol. The molecule has 0 spiro atoms. The van der Waals surface area contributed by atoms with Crippen LogP contribution in [0.4, 0.5) is 0 Å². The van der Waals surface area contributed by atoms with E-state index >= 15 is 0 Å². The lowest BCUT2D eigenvalue weighted by molar-refractivity contribution is -0.0711. The average Bonchev–Trinajstić information content (AvgIpc) is 2.99. The normalized spacial score (nSPS) is 30.3. The molecule has 5 nitrogen and oxygen atoms in total. The van der Waals surface area contributed by atoms with Crippen LogP contribution in [-0.4, -0.2) is 46.5 Å². The molecule has 18 heavy (non-hydrogen) atoms. The van der Waals surface area contributed by atoms with Crippen molar-refractivity contribution in [3.63, 3.8) is 0 Å². The van der Waals surface area contributed by atoms with Crippen molar-refractivity contribution in [3.05, 3.63) is 18.0 Å². The van der Waals surface area contributed by atoms with Gasteiger partial charge < -0.3 is 10.5 Å². The van der Waals surface area contributed by atoms with Gasteiger partial charge in [0.15, 0.2) is 0 Å². The van der Waals surface area contributed by atoms with Gasteiger partial charge in [-0.2, -0.15) is 5.10 Å². The molecule has 1 aromatic rings. The van der Waals surface area contributed by atoms with Crippen molar-refractivity contribution < 1.29 is 4.74 Å². The molecule has 1 saturated carbocycles. The highest BCUT2D eigenvalue weighted by atomic mass is 16.5. The zero-order valence-electron chi connectivity index (χ0n) is 11.0. The van der Waals surface area contributed by atoms with Crippen LogP contribution in [0.25, 0.3) is 0 Å². The number of aromatic nitrogens is 2. The standard InChI is InChI=1S/C13H22N4O/c1-16-9-10(8-15-16)12(7-14)17-5-6-18-13-4-2-3-11(13)17/h8-9,11-13H,2-7,14H2,1H3. The van der Waals surface area contributed by atoms with Crippen molar-refractivity contribution in [2.45, 2.75) is 37.5 Å². The second-order valence-corrected chi connectivity index (χ2v) is 5.34. The smallest absolute Gasteiger partial charge is 0.0731 e. The summed E-state index contributed by atoms with van der Waals surface area (Å²) in [5.41, 5.74) is 7.24. The number of ether oxygens (including phenoxy) is 1. The van der Waals surface area contributed by atoms with Gasteiger partial charge in [0.2, 0.25) is 0 Å². The van der Waals surface area contributed by atoms with Gasteiger partial charge in [0.05, 0.1) is 24.9 Å². The first-order chi connectivity index (χ1) is 8.79. The molecule has 0 amide bonds. The third-order valence-electron chi connectivity index (χ3n) is 4.26. The number of hydrogen-bond acceptors (Lipinski definition) is 4. The molecule has 1 saturated heterocycles. The van der Waals surface area contributed by atoms with Gasteiger partial charge in [-0.25, -0.2) is 0 Å². The van der Waals surface area contributed by atoms with Crippen molar-refractivity contribution in [2.24, 2.45) is 12.8 Å². The lowest BCUT2D eigenvalue weighted by atomic mass is 10.0. The van der Waals surface area contributed by atoms with Crippen LogP contribution in [0.3, 0.4) is 0 Å². The van der Waals surface area contributed by atoms with Gasteiger partial charge >= 0.3 is 0 Å². The van der Waals surface area contributed by atoms with E-state index in [1.165, 1.54) is 24.8 Å². The molecule has 3 unspecified atom stereocenters. The number of hydrogen-bond donors (Lipinski definition) is 1. The summed E-state index contributed by atoms with van der Waals surface area (Å²) >= 11 is 0. The van der Waals surface area contributed by atoms with Crippen molar-refractivity contribution >= 4 is 0 Å². The Morgan fingerprint density at radius 1 is 1.56 bits per heavy atom. The summed E-state index contributed by atoms with van der Waals surface area (Å²) < 4.78 is 7.72. The minimum Gasteiger partial charge on any atom is -0.375 e. The molecule has 1 aromatic heterocycles. The monoisotopic (exact) mass is 250 g/mol. The Kier molecular flexibility index (Phi) is 3.37. The van der Waals surface area contributed by atoms with Gasteiger partial charge in [0.1, 0.15) is 0 Å². The van der Waals surface area contributed by atoms with Gasteiger partial charge in [0, 0.05) is 37.9 Å². The Hall–Kier alpha value is -0.910. The van der Waals surface area contributed by atoms with E-state index in [-0.39, 0.29) is 6.04 Å². The van der Waals surface area contributed by atoms with Crippen LogP contribution < -0.4 is 5.73 Å². The Labute approximate surface area is 108 Å². The van der Waals surface area contributed by atoms with Crippen molar-refractivity contribution in [1.82, 2.24) is 14.7 Å². The van der Waals surface area contributed by atoms with E-state index in [0.717, 1.165) is 13.2 Å². The highest BCUT2D eigenvalue weighted by molar-refractivity contribution is 5.13. The molecule has 3 rings (SSSR count). The SMILES string of the molecule is Cn1cc(C(CN)N2CCOC3CCCC32)cn1. The fourth-order valence-electron chi connectivity index (χ4n) is 3.42. The number of nitrogens with two attached hydrogens (primary N) is 1. The van der Waals surface area contributed by atoms with E-state index in [1.54, 1.807) is 0 Å². The van der Waals surface area contributed by atoms with Crippen LogP contribution in [0, 0.1) is 0 Å². The van der Waals surface area contributed by atoms with Crippen molar-refractivity contribution in [1.29, 1.82) is 0 Å². The third kappa shape index (κ3) is 2.06. The maximum Gasteiger partial charge on any atom is 0.0731 e. The van der Waals surface area contributed by atoms with Crippen molar-refractivity contribution in [3.8, 4) is 0 Å². The summed E-state index contributed by atoms with van der Waals surface area (Å²) in [7, 11) is 1.95. The van der Waals surface area contributed by atoms with Gasteiger partial charge in [-0.05, 0) is 19.3 Å². The fraction of sp³-hybridized carbons (Fsp3) is 0.769. The minimum absolute atomic E-state index is 0.285. The summed E-state index contributed by atoms with van der Waals surface area (Å²) in [5, 5.41) is 4.27. The first-order valence-corrected chi connectivity index (χ1v) is 6.85. The molecule has 0 bridgehead atoms. The highest BCUT2D eigenvalue weighted by Crippen LogP contribution is 2.34. The maximum absolute atomic E-state index is 6.01. The number of nitrogens with zero attached hydrogens (tertiary/aromatic N) is 3. The molecular formula is C13H22N4O. The minimum atomic E-state index is 0.285. The van der Waals surface area contributed by atoms with Gasteiger partial charge in [-0.1, -0.05) is 0 Å². The van der Waals surface area contributed by atoms with Gasteiger partial charge in [-0.15, -0.1) is 0 Å². The molecule has 1 aliphatic heterocycles. The molecule has 0 aromatic carbocycles. The Morgan fingerprint density at radius 2 is 2.44 bits per heavy atom. The predicted molar refractivity (Wildman–Crippen MR) is 69.1 cm³/mol. The summed E-state index contributed by atoms with van der Waals surface area (Å²) in [6.07, 6.45) is 8.15. The quantitative estimate of drug-likeness (QED) is 0.857. The number of fused-ring (bicyclic) bond motifs is 1. The van der Waals surface area contributed by atoms with E-state index in [2.05, 4.69) is 16.2 Å². The highest BCUT2D eigenvalue weighted by Gasteiger charge is 2.39. The maximum atomic E-state index is 6.01. The first-order valence-electron chi connectivity index (χ1n) is 6.85. The van der Waals surface area contributed by atoms with Gasteiger partial charge in [-0.3, -0.25) is 9.58 Å². The lowest BCUT2D eigenvalue weighted by Gasteiger charge is -2.42. The summed E-state index contributed by atoms with van der Waals surface area (Å²) in [6.45, 7) is 2.46. The topological polar surface area (TPSA) is 56.3 Å².